The fourth-order valence-electron chi connectivity index (χ4n) is 2.00. The molecule has 1 aromatic rings. The molecule has 0 saturated heterocycles. The minimum absolute atomic E-state index is 0.755. The van der Waals surface area contributed by atoms with Crippen LogP contribution in [0.5, 0.6) is 0 Å². The summed E-state index contributed by atoms with van der Waals surface area (Å²) < 4.78 is 0. The van der Waals surface area contributed by atoms with Gasteiger partial charge in [0.25, 0.3) is 0 Å². The first-order chi connectivity index (χ1) is 8.69. The molecule has 0 aliphatic heterocycles. The summed E-state index contributed by atoms with van der Waals surface area (Å²) in [6.45, 7) is 10.8. The van der Waals surface area contributed by atoms with Gasteiger partial charge in [0.05, 0.1) is 11.4 Å². The second-order valence-corrected chi connectivity index (χ2v) is 4.99. The molecule has 102 valence electrons. The van der Waals surface area contributed by atoms with Gasteiger partial charge in [-0.05, 0) is 31.6 Å². The number of nitrogens with zero attached hydrogens (tertiary/aromatic N) is 2. The standard InChI is InChI=1S/C15H27N3/c1-5-13(3)11-18(6-2)12-15-9-7-8-14(17-15)10-16-4/h7-9,13,16H,5-6,10-12H2,1-4H3. The van der Waals surface area contributed by atoms with Gasteiger partial charge < -0.3 is 5.32 Å². The highest BCUT2D eigenvalue weighted by Crippen LogP contribution is 2.08. The molecule has 3 heteroatoms. The lowest BCUT2D eigenvalue weighted by atomic mass is 10.1. The van der Waals surface area contributed by atoms with Gasteiger partial charge in [-0.25, -0.2) is 0 Å². The molecule has 1 aromatic heterocycles. The van der Waals surface area contributed by atoms with E-state index in [2.05, 4.69) is 54.2 Å². The fraction of sp³-hybridized carbons (Fsp3) is 0.667. The Kier molecular flexibility index (Phi) is 6.91. The summed E-state index contributed by atoms with van der Waals surface area (Å²) in [5.74, 6) is 0.755. The molecule has 0 aromatic carbocycles. The fourth-order valence-corrected chi connectivity index (χ4v) is 2.00. The summed E-state index contributed by atoms with van der Waals surface area (Å²) in [5.41, 5.74) is 2.29. The predicted molar refractivity (Wildman–Crippen MR) is 77.4 cm³/mol. The van der Waals surface area contributed by atoms with E-state index in [4.69, 9.17) is 0 Å². The van der Waals surface area contributed by atoms with Crippen LogP contribution in [0, 0.1) is 5.92 Å². The number of nitrogens with one attached hydrogen (secondary N) is 1. The van der Waals surface area contributed by atoms with Crippen LogP contribution in [0.2, 0.25) is 0 Å². The molecule has 0 bridgehead atoms. The van der Waals surface area contributed by atoms with Crippen molar-refractivity contribution < 1.29 is 0 Å². The molecule has 18 heavy (non-hydrogen) atoms. The van der Waals surface area contributed by atoms with Gasteiger partial charge in [0.2, 0.25) is 0 Å². The molecule has 1 heterocycles. The van der Waals surface area contributed by atoms with Crippen molar-refractivity contribution in [2.24, 2.45) is 5.92 Å². The number of aromatic nitrogens is 1. The van der Waals surface area contributed by atoms with Crippen molar-refractivity contribution in [3.63, 3.8) is 0 Å². The lowest BCUT2D eigenvalue weighted by molar-refractivity contribution is 0.235. The van der Waals surface area contributed by atoms with Crippen molar-refractivity contribution in [1.29, 1.82) is 0 Å². The first kappa shape index (κ1) is 15.1. The van der Waals surface area contributed by atoms with Crippen LogP contribution in [0.4, 0.5) is 0 Å². The minimum atomic E-state index is 0.755. The lowest BCUT2D eigenvalue weighted by Gasteiger charge is -2.23. The summed E-state index contributed by atoms with van der Waals surface area (Å²) in [6.07, 6.45) is 1.24. The third kappa shape index (κ3) is 5.15. The highest BCUT2D eigenvalue weighted by atomic mass is 15.1. The summed E-state index contributed by atoms with van der Waals surface area (Å²) in [7, 11) is 1.95. The van der Waals surface area contributed by atoms with Gasteiger partial charge >= 0.3 is 0 Å². The van der Waals surface area contributed by atoms with Crippen LogP contribution >= 0.6 is 0 Å². The average Bonchev–Trinajstić information content (AvgIpc) is 2.38. The van der Waals surface area contributed by atoms with Gasteiger partial charge in [-0.3, -0.25) is 9.88 Å². The van der Waals surface area contributed by atoms with Gasteiger partial charge in [-0.15, -0.1) is 0 Å². The Morgan fingerprint density at radius 2 is 2.00 bits per heavy atom. The van der Waals surface area contributed by atoms with Crippen LogP contribution in [0.3, 0.4) is 0 Å². The smallest absolute Gasteiger partial charge is 0.0547 e. The maximum absolute atomic E-state index is 4.68. The Balaban J connectivity index is 2.60. The van der Waals surface area contributed by atoms with E-state index in [0.29, 0.717) is 0 Å². The molecule has 0 radical (unpaired) electrons. The van der Waals surface area contributed by atoms with Crippen LogP contribution in [0.1, 0.15) is 38.6 Å². The van der Waals surface area contributed by atoms with E-state index >= 15 is 0 Å². The number of hydrogen-bond donors (Lipinski definition) is 1. The first-order valence-electron chi connectivity index (χ1n) is 7.01. The van der Waals surface area contributed by atoms with Gasteiger partial charge in [0, 0.05) is 19.6 Å². The van der Waals surface area contributed by atoms with E-state index in [1.54, 1.807) is 0 Å². The van der Waals surface area contributed by atoms with Crippen LogP contribution in [0.25, 0.3) is 0 Å². The average molecular weight is 249 g/mol. The quantitative estimate of drug-likeness (QED) is 0.768. The maximum atomic E-state index is 4.68. The predicted octanol–water partition coefficient (Wildman–Crippen LogP) is 2.67. The van der Waals surface area contributed by atoms with E-state index in [1.165, 1.54) is 12.1 Å². The Morgan fingerprint density at radius 3 is 2.61 bits per heavy atom. The Morgan fingerprint density at radius 1 is 1.28 bits per heavy atom. The van der Waals surface area contributed by atoms with Crippen molar-refractivity contribution >= 4 is 0 Å². The molecular formula is C15H27N3. The molecule has 0 amide bonds. The van der Waals surface area contributed by atoms with Crippen molar-refractivity contribution in [3.8, 4) is 0 Å². The Hall–Kier alpha value is -0.930. The number of pyridine rings is 1. The van der Waals surface area contributed by atoms with E-state index in [0.717, 1.165) is 37.8 Å². The molecule has 1 atom stereocenters. The molecule has 1 rings (SSSR count). The van der Waals surface area contributed by atoms with E-state index in [1.807, 2.05) is 7.05 Å². The van der Waals surface area contributed by atoms with Gasteiger partial charge in [0.15, 0.2) is 0 Å². The van der Waals surface area contributed by atoms with Crippen LogP contribution in [-0.2, 0) is 13.1 Å². The van der Waals surface area contributed by atoms with Crippen molar-refractivity contribution in [2.75, 3.05) is 20.1 Å². The Labute approximate surface area is 112 Å². The monoisotopic (exact) mass is 249 g/mol. The topological polar surface area (TPSA) is 28.2 Å². The minimum Gasteiger partial charge on any atom is -0.314 e. The maximum Gasteiger partial charge on any atom is 0.0547 e. The molecule has 3 nitrogen and oxygen atoms in total. The number of rotatable bonds is 8. The summed E-state index contributed by atoms with van der Waals surface area (Å²) in [6, 6.07) is 6.30. The van der Waals surface area contributed by atoms with Crippen molar-refractivity contribution in [1.82, 2.24) is 15.2 Å². The third-order valence-corrected chi connectivity index (χ3v) is 3.32. The molecule has 0 aliphatic rings. The second kappa shape index (κ2) is 8.22. The van der Waals surface area contributed by atoms with Crippen molar-refractivity contribution in [3.05, 3.63) is 29.6 Å². The van der Waals surface area contributed by atoms with Crippen LogP contribution in [0.15, 0.2) is 18.2 Å². The van der Waals surface area contributed by atoms with Crippen LogP contribution < -0.4 is 5.32 Å². The number of hydrogen-bond acceptors (Lipinski definition) is 3. The molecule has 1 N–H and O–H groups in total. The zero-order chi connectivity index (χ0) is 13.4. The first-order valence-corrected chi connectivity index (χ1v) is 7.01. The summed E-state index contributed by atoms with van der Waals surface area (Å²) >= 11 is 0. The summed E-state index contributed by atoms with van der Waals surface area (Å²) in [4.78, 5) is 7.15. The molecular weight excluding hydrogens is 222 g/mol. The molecule has 0 fully saturated rings. The molecule has 0 aliphatic carbocycles. The Bertz CT molecular complexity index is 338. The van der Waals surface area contributed by atoms with E-state index < -0.39 is 0 Å². The third-order valence-electron chi connectivity index (χ3n) is 3.32. The van der Waals surface area contributed by atoms with E-state index in [9.17, 15) is 0 Å². The molecule has 0 saturated carbocycles. The van der Waals surface area contributed by atoms with Gasteiger partial charge in [-0.2, -0.15) is 0 Å². The zero-order valence-corrected chi connectivity index (χ0v) is 12.2. The van der Waals surface area contributed by atoms with Crippen LogP contribution in [-0.4, -0.2) is 30.0 Å². The highest BCUT2D eigenvalue weighted by molar-refractivity contribution is 5.11. The SMILES string of the molecule is CCC(C)CN(CC)Cc1cccc(CNC)n1. The van der Waals surface area contributed by atoms with Crippen molar-refractivity contribution in [2.45, 2.75) is 40.3 Å². The molecule has 1 unspecified atom stereocenters. The van der Waals surface area contributed by atoms with E-state index in [-0.39, 0.29) is 0 Å². The summed E-state index contributed by atoms with van der Waals surface area (Å²) in [5, 5.41) is 3.14. The second-order valence-electron chi connectivity index (χ2n) is 4.99. The normalized spacial score (nSPS) is 12.9. The lowest BCUT2D eigenvalue weighted by Crippen LogP contribution is -2.28. The zero-order valence-electron chi connectivity index (χ0n) is 12.2. The highest BCUT2D eigenvalue weighted by Gasteiger charge is 2.08. The van der Waals surface area contributed by atoms with Gasteiger partial charge in [0.1, 0.15) is 0 Å². The largest absolute Gasteiger partial charge is 0.314 e. The van der Waals surface area contributed by atoms with Gasteiger partial charge in [-0.1, -0.05) is 33.3 Å². The molecule has 0 spiro atoms.